The van der Waals surface area contributed by atoms with Crippen LogP contribution in [0.3, 0.4) is 0 Å². The number of ether oxygens (including phenoxy) is 1. The minimum absolute atomic E-state index is 0.0238. The zero-order chi connectivity index (χ0) is 22.5. The van der Waals surface area contributed by atoms with E-state index in [-0.39, 0.29) is 12.0 Å². The number of methoxy groups -OCH3 is 1. The Morgan fingerprint density at radius 1 is 1.13 bits per heavy atom. The highest BCUT2D eigenvalue weighted by Crippen LogP contribution is 2.26. The normalized spacial score (nSPS) is 11.3. The van der Waals surface area contributed by atoms with Crippen molar-refractivity contribution in [3.8, 4) is 11.1 Å². The number of hydrogen-bond acceptors (Lipinski definition) is 6. The smallest absolute Gasteiger partial charge is 0.305 e. The molecule has 0 bridgehead atoms. The molecule has 0 aliphatic rings. The highest BCUT2D eigenvalue weighted by Gasteiger charge is 2.11. The molecular formula is C23H33N3O3S. The molecule has 0 saturated carbocycles. The fraction of sp³-hybridized carbons (Fsp3) is 0.391. The lowest BCUT2D eigenvalue weighted by atomic mass is 9.98. The summed E-state index contributed by atoms with van der Waals surface area (Å²) in [6.45, 7) is 4.79. The van der Waals surface area contributed by atoms with Crippen molar-refractivity contribution in [3.63, 3.8) is 0 Å². The number of thiol groups is 1. The van der Waals surface area contributed by atoms with E-state index in [0.29, 0.717) is 30.2 Å². The number of carbonyl (C=O) groups excluding carboxylic acids is 2. The van der Waals surface area contributed by atoms with Crippen molar-refractivity contribution in [2.45, 2.75) is 32.7 Å². The molecule has 164 valence electrons. The van der Waals surface area contributed by atoms with Crippen molar-refractivity contribution in [1.82, 2.24) is 0 Å². The molecule has 1 unspecified atom stereocenters. The van der Waals surface area contributed by atoms with Gasteiger partial charge >= 0.3 is 5.97 Å². The maximum atomic E-state index is 11.6. The molecule has 6 nitrogen and oxygen atoms in total. The minimum atomic E-state index is -0.438. The minimum Gasteiger partial charge on any atom is -0.469 e. The lowest BCUT2D eigenvalue weighted by molar-refractivity contribution is -0.140. The molecule has 30 heavy (non-hydrogen) atoms. The molecule has 7 heteroatoms. The fourth-order valence-corrected chi connectivity index (χ4v) is 2.68. The van der Waals surface area contributed by atoms with Gasteiger partial charge in [-0.1, -0.05) is 44.2 Å². The third-order valence-electron chi connectivity index (χ3n) is 4.33. The molecule has 0 fully saturated rings. The quantitative estimate of drug-likeness (QED) is 0.358. The molecule has 1 atom stereocenters. The fourth-order valence-electron chi connectivity index (χ4n) is 2.55. The van der Waals surface area contributed by atoms with Gasteiger partial charge in [0.15, 0.2) is 0 Å². The number of rotatable bonds is 9. The Morgan fingerprint density at radius 2 is 1.80 bits per heavy atom. The highest BCUT2D eigenvalue weighted by molar-refractivity contribution is 7.80. The van der Waals surface area contributed by atoms with Gasteiger partial charge in [-0.15, -0.1) is 0 Å². The van der Waals surface area contributed by atoms with Gasteiger partial charge in [0.1, 0.15) is 0 Å². The molecule has 2 rings (SSSR count). The SMILES string of the molecule is COC(=O)CCC(C)C.NC(=O)c1ccc(NCC(N)CS)cc1-c1ccccc1. The van der Waals surface area contributed by atoms with Crippen LogP contribution in [0.5, 0.6) is 0 Å². The number of benzene rings is 2. The first-order valence-corrected chi connectivity index (χ1v) is 10.6. The molecule has 0 aromatic heterocycles. The Bertz CT molecular complexity index is 798. The zero-order valence-electron chi connectivity index (χ0n) is 17.9. The summed E-state index contributed by atoms with van der Waals surface area (Å²) in [4.78, 5) is 22.1. The molecule has 2 aromatic rings. The summed E-state index contributed by atoms with van der Waals surface area (Å²) in [6, 6.07) is 15.1. The van der Waals surface area contributed by atoms with E-state index in [2.05, 4.69) is 36.5 Å². The summed E-state index contributed by atoms with van der Waals surface area (Å²) in [5, 5.41) is 3.25. The van der Waals surface area contributed by atoms with Gasteiger partial charge in [0.25, 0.3) is 0 Å². The summed E-state index contributed by atoms with van der Waals surface area (Å²) in [5.41, 5.74) is 14.5. The maximum Gasteiger partial charge on any atom is 0.305 e. The predicted octanol–water partition coefficient (Wildman–Crippen LogP) is 3.72. The number of nitrogens with two attached hydrogens (primary N) is 2. The van der Waals surface area contributed by atoms with Gasteiger partial charge in [0.2, 0.25) is 5.91 Å². The van der Waals surface area contributed by atoms with Crippen molar-refractivity contribution in [2.24, 2.45) is 17.4 Å². The number of carbonyl (C=O) groups is 2. The largest absolute Gasteiger partial charge is 0.469 e. The lowest BCUT2D eigenvalue weighted by Gasteiger charge is -2.14. The van der Waals surface area contributed by atoms with Crippen LogP contribution in [-0.2, 0) is 9.53 Å². The van der Waals surface area contributed by atoms with Crippen LogP contribution in [0.25, 0.3) is 11.1 Å². The summed E-state index contributed by atoms with van der Waals surface area (Å²) < 4.78 is 4.46. The first kappa shape index (κ1) is 25.5. The molecule has 0 aliphatic heterocycles. The second-order valence-electron chi connectivity index (χ2n) is 7.32. The molecule has 5 N–H and O–H groups in total. The number of anilines is 1. The second kappa shape index (κ2) is 13.7. The second-order valence-corrected chi connectivity index (χ2v) is 7.69. The summed E-state index contributed by atoms with van der Waals surface area (Å²) >= 11 is 4.16. The first-order valence-electron chi connectivity index (χ1n) is 9.94. The van der Waals surface area contributed by atoms with Gasteiger partial charge in [0, 0.05) is 36.0 Å². The van der Waals surface area contributed by atoms with E-state index in [1.54, 1.807) is 6.07 Å². The first-order chi connectivity index (χ1) is 14.3. The Kier molecular flexibility index (Phi) is 11.6. The number of amides is 1. The number of esters is 1. The van der Waals surface area contributed by atoms with Gasteiger partial charge in [0.05, 0.1) is 7.11 Å². The predicted molar refractivity (Wildman–Crippen MR) is 127 cm³/mol. The van der Waals surface area contributed by atoms with Crippen molar-refractivity contribution in [1.29, 1.82) is 0 Å². The third kappa shape index (κ3) is 9.33. The number of nitrogens with one attached hydrogen (secondary N) is 1. The van der Waals surface area contributed by atoms with E-state index >= 15 is 0 Å². The van der Waals surface area contributed by atoms with Gasteiger partial charge in [-0.2, -0.15) is 12.6 Å². The van der Waals surface area contributed by atoms with Crippen LogP contribution in [0.4, 0.5) is 5.69 Å². The van der Waals surface area contributed by atoms with Crippen LogP contribution >= 0.6 is 12.6 Å². The van der Waals surface area contributed by atoms with Gasteiger partial charge in [-0.25, -0.2) is 0 Å². The summed E-state index contributed by atoms with van der Waals surface area (Å²) in [7, 11) is 1.42. The van der Waals surface area contributed by atoms with Crippen LogP contribution in [0.1, 0.15) is 37.0 Å². The number of hydrogen-bond donors (Lipinski definition) is 4. The van der Waals surface area contributed by atoms with E-state index in [0.717, 1.165) is 23.2 Å². The molecule has 1 amide bonds. The Morgan fingerprint density at radius 3 is 2.33 bits per heavy atom. The van der Waals surface area contributed by atoms with Gasteiger partial charge in [-0.05, 0) is 41.7 Å². The molecule has 2 aromatic carbocycles. The molecular weight excluding hydrogens is 398 g/mol. The van der Waals surface area contributed by atoms with E-state index < -0.39 is 5.91 Å². The van der Waals surface area contributed by atoms with Crippen molar-refractivity contribution in [2.75, 3.05) is 24.7 Å². The van der Waals surface area contributed by atoms with Crippen molar-refractivity contribution >= 4 is 30.2 Å². The van der Waals surface area contributed by atoms with Crippen LogP contribution in [0.15, 0.2) is 48.5 Å². The Hall–Kier alpha value is -2.51. The van der Waals surface area contributed by atoms with Crippen LogP contribution < -0.4 is 16.8 Å². The Labute approximate surface area is 184 Å². The molecule has 0 aliphatic carbocycles. The van der Waals surface area contributed by atoms with Gasteiger partial charge < -0.3 is 21.5 Å². The topological polar surface area (TPSA) is 107 Å². The van der Waals surface area contributed by atoms with E-state index in [1.807, 2.05) is 42.5 Å². The van der Waals surface area contributed by atoms with Crippen molar-refractivity contribution < 1.29 is 14.3 Å². The van der Waals surface area contributed by atoms with Crippen LogP contribution in [-0.4, -0.2) is 37.3 Å². The average Bonchev–Trinajstić information content (AvgIpc) is 2.76. The van der Waals surface area contributed by atoms with Gasteiger partial charge in [-0.3, -0.25) is 9.59 Å². The van der Waals surface area contributed by atoms with E-state index in [4.69, 9.17) is 11.5 Å². The third-order valence-corrected chi connectivity index (χ3v) is 4.80. The highest BCUT2D eigenvalue weighted by atomic mass is 32.1. The molecule has 0 radical (unpaired) electrons. The average molecular weight is 432 g/mol. The molecule has 0 heterocycles. The van der Waals surface area contributed by atoms with E-state index in [9.17, 15) is 9.59 Å². The van der Waals surface area contributed by atoms with E-state index in [1.165, 1.54) is 7.11 Å². The monoisotopic (exact) mass is 431 g/mol. The van der Waals surface area contributed by atoms with Crippen molar-refractivity contribution in [3.05, 3.63) is 54.1 Å². The Balaban J connectivity index is 0.000000424. The summed E-state index contributed by atoms with van der Waals surface area (Å²) in [5.74, 6) is 0.651. The lowest BCUT2D eigenvalue weighted by Crippen LogP contribution is -2.30. The van der Waals surface area contributed by atoms with Crippen LogP contribution in [0.2, 0.25) is 0 Å². The molecule has 0 saturated heterocycles. The molecule has 0 spiro atoms. The van der Waals surface area contributed by atoms with Crippen LogP contribution in [0, 0.1) is 5.92 Å². The maximum absolute atomic E-state index is 11.6. The summed E-state index contributed by atoms with van der Waals surface area (Å²) in [6.07, 6.45) is 1.47. The zero-order valence-corrected chi connectivity index (χ0v) is 18.8. The standard InChI is InChI=1S/C16H19N3OS.C7H14O2/c17-12(10-21)9-19-13-6-7-14(16(18)20)15(8-13)11-4-2-1-3-5-11;1-6(2)4-5-7(8)9-3/h1-8,12,19,21H,9-10,17H2,(H2,18,20);6H,4-5H2,1-3H3. The number of primary amides is 1.